The standard InChI is InChI=1S/C22H27N3S/c1-5-26-18-12-10-17(11-13-18)21-24-20-9-7-6-8-19(20)22(25-21)23-16(4)14-15(2)3/h6-15,21,24H,5H2,1-4H3,(H,23,25)/b16-14+. The third kappa shape index (κ3) is 4.50. The van der Waals surface area contributed by atoms with Crippen LogP contribution >= 0.6 is 11.8 Å². The Bertz CT molecular complexity index is 806. The van der Waals surface area contributed by atoms with E-state index in [-0.39, 0.29) is 6.17 Å². The molecular formula is C22H27N3S. The van der Waals surface area contributed by atoms with E-state index < -0.39 is 0 Å². The first-order chi connectivity index (χ1) is 12.6. The molecule has 4 heteroatoms. The quantitative estimate of drug-likeness (QED) is 0.656. The van der Waals surface area contributed by atoms with Gasteiger partial charge in [0.25, 0.3) is 0 Å². The lowest BCUT2D eigenvalue weighted by molar-refractivity contribution is 0.798. The van der Waals surface area contributed by atoms with Crippen LogP contribution in [0, 0.1) is 5.92 Å². The van der Waals surface area contributed by atoms with Gasteiger partial charge in [-0.15, -0.1) is 11.8 Å². The number of para-hydroxylation sites is 1. The van der Waals surface area contributed by atoms with Crippen molar-refractivity contribution in [3.05, 3.63) is 71.4 Å². The monoisotopic (exact) mass is 365 g/mol. The fourth-order valence-corrected chi connectivity index (χ4v) is 3.75. The molecule has 0 saturated carbocycles. The van der Waals surface area contributed by atoms with Crippen LogP contribution in [0.15, 0.2) is 70.2 Å². The van der Waals surface area contributed by atoms with Gasteiger partial charge < -0.3 is 10.6 Å². The highest BCUT2D eigenvalue weighted by Crippen LogP contribution is 2.30. The van der Waals surface area contributed by atoms with Crippen molar-refractivity contribution >= 4 is 23.3 Å². The smallest absolute Gasteiger partial charge is 0.147 e. The minimum atomic E-state index is -0.0834. The Morgan fingerprint density at radius 3 is 2.62 bits per heavy atom. The van der Waals surface area contributed by atoms with Crippen LogP contribution in [-0.2, 0) is 0 Å². The minimum Gasteiger partial charge on any atom is -0.359 e. The summed E-state index contributed by atoms with van der Waals surface area (Å²) < 4.78 is 0. The number of thioether (sulfide) groups is 1. The Balaban J connectivity index is 1.91. The summed E-state index contributed by atoms with van der Waals surface area (Å²) in [5.41, 5.74) is 4.52. The van der Waals surface area contributed by atoms with Crippen molar-refractivity contribution in [1.29, 1.82) is 0 Å². The van der Waals surface area contributed by atoms with Crippen LogP contribution in [0.3, 0.4) is 0 Å². The Labute approximate surface area is 161 Å². The molecule has 1 aliphatic heterocycles. The highest BCUT2D eigenvalue weighted by molar-refractivity contribution is 7.99. The van der Waals surface area contributed by atoms with Crippen molar-refractivity contribution in [3.63, 3.8) is 0 Å². The highest BCUT2D eigenvalue weighted by atomic mass is 32.2. The van der Waals surface area contributed by atoms with Crippen LogP contribution in [0.25, 0.3) is 0 Å². The molecule has 0 fully saturated rings. The van der Waals surface area contributed by atoms with Crippen LogP contribution in [0.5, 0.6) is 0 Å². The molecule has 0 amide bonds. The van der Waals surface area contributed by atoms with Gasteiger partial charge in [-0.05, 0) is 48.4 Å². The second-order valence-electron chi connectivity index (χ2n) is 6.79. The summed E-state index contributed by atoms with van der Waals surface area (Å²) in [5.74, 6) is 2.51. The maximum Gasteiger partial charge on any atom is 0.147 e. The molecule has 2 aromatic rings. The van der Waals surface area contributed by atoms with E-state index in [0.717, 1.165) is 28.5 Å². The Morgan fingerprint density at radius 1 is 1.19 bits per heavy atom. The number of hydrogen-bond acceptors (Lipinski definition) is 4. The fourth-order valence-electron chi connectivity index (χ4n) is 3.09. The highest BCUT2D eigenvalue weighted by Gasteiger charge is 2.21. The van der Waals surface area contributed by atoms with Gasteiger partial charge in [-0.3, -0.25) is 0 Å². The minimum absolute atomic E-state index is 0.0834. The fraction of sp³-hybridized carbons (Fsp3) is 0.318. The third-order valence-corrected chi connectivity index (χ3v) is 5.03. The number of nitrogens with zero attached hydrogens (tertiary/aromatic N) is 1. The Kier molecular flexibility index (Phi) is 6.04. The first-order valence-corrected chi connectivity index (χ1v) is 10.2. The molecule has 3 rings (SSSR count). The predicted octanol–water partition coefficient (Wildman–Crippen LogP) is 5.82. The molecular weight excluding hydrogens is 338 g/mol. The lowest BCUT2D eigenvalue weighted by Gasteiger charge is -2.26. The zero-order chi connectivity index (χ0) is 18.5. The summed E-state index contributed by atoms with van der Waals surface area (Å²) in [6.45, 7) is 8.64. The van der Waals surface area contributed by atoms with Crippen molar-refractivity contribution in [3.8, 4) is 0 Å². The third-order valence-electron chi connectivity index (χ3n) is 4.14. The molecule has 0 saturated heterocycles. The number of aliphatic imine (C=N–C) groups is 1. The summed E-state index contributed by atoms with van der Waals surface area (Å²) in [5, 5.41) is 7.06. The van der Waals surface area contributed by atoms with E-state index in [4.69, 9.17) is 4.99 Å². The van der Waals surface area contributed by atoms with Crippen molar-refractivity contribution < 1.29 is 0 Å². The van der Waals surface area contributed by atoms with E-state index in [0.29, 0.717) is 5.92 Å². The number of amidine groups is 1. The molecule has 1 unspecified atom stereocenters. The summed E-state index contributed by atoms with van der Waals surface area (Å²) in [6.07, 6.45) is 2.14. The van der Waals surface area contributed by atoms with Crippen LogP contribution in [0.1, 0.15) is 45.0 Å². The zero-order valence-corrected chi connectivity index (χ0v) is 16.7. The molecule has 0 radical (unpaired) electrons. The number of benzene rings is 2. The maximum absolute atomic E-state index is 4.96. The molecule has 2 aromatic carbocycles. The van der Waals surface area contributed by atoms with Gasteiger partial charge in [-0.2, -0.15) is 0 Å². The van der Waals surface area contributed by atoms with Crippen molar-refractivity contribution in [2.75, 3.05) is 11.1 Å². The number of allylic oxidation sites excluding steroid dienone is 2. The molecule has 3 nitrogen and oxygen atoms in total. The lowest BCUT2D eigenvalue weighted by Crippen LogP contribution is -2.29. The Morgan fingerprint density at radius 2 is 1.92 bits per heavy atom. The number of nitrogens with one attached hydrogen (secondary N) is 2. The van der Waals surface area contributed by atoms with E-state index in [1.807, 2.05) is 11.8 Å². The van der Waals surface area contributed by atoms with Gasteiger partial charge >= 0.3 is 0 Å². The second-order valence-corrected chi connectivity index (χ2v) is 8.13. The lowest BCUT2D eigenvalue weighted by atomic mass is 10.1. The predicted molar refractivity (Wildman–Crippen MR) is 114 cm³/mol. The summed E-state index contributed by atoms with van der Waals surface area (Å²) in [4.78, 5) is 6.26. The number of rotatable bonds is 5. The Hall–Kier alpha value is -2.20. The summed E-state index contributed by atoms with van der Waals surface area (Å²) in [7, 11) is 0. The molecule has 0 spiro atoms. The zero-order valence-electron chi connectivity index (χ0n) is 15.9. The maximum atomic E-state index is 4.96. The van der Waals surface area contributed by atoms with E-state index in [1.165, 1.54) is 10.5 Å². The van der Waals surface area contributed by atoms with Crippen LogP contribution in [0.2, 0.25) is 0 Å². The molecule has 2 N–H and O–H groups in total. The summed E-state index contributed by atoms with van der Waals surface area (Å²) in [6, 6.07) is 17.0. The molecule has 0 aromatic heterocycles. The van der Waals surface area contributed by atoms with Crippen LogP contribution < -0.4 is 10.6 Å². The molecule has 136 valence electrons. The molecule has 1 aliphatic rings. The van der Waals surface area contributed by atoms with Gasteiger partial charge in [0, 0.05) is 21.8 Å². The largest absolute Gasteiger partial charge is 0.359 e. The van der Waals surface area contributed by atoms with E-state index in [1.54, 1.807) is 0 Å². The van der Waals surface area contributed by atoms with Gasteiger partial charge in [0.05, 0.1) is 0 Å². The van der Waals surface area contributed by atoms with Gasteiger partial charge in [0.15, 0.2) is 0 Å². The van der Waals surface area contributed by atoms with Crippen LogP contribution in [-0.4, -0.2) is 11.6 Å². The van der Waals surface area contributed by atoms with E-state index in [9.17, 15) is 0 Å². The molecule has 1 heterocycles. The SMILES string of the molecule is CCSc1ccc(C2N=C(N/C(C)=C/C(C)C)c3ccccc3N2)cc1. The van der Waals surface area contributed by atoms with E-state index >= 15 is 0 Å². The molecule has 0 bridgehead atoms. The average Bonchev–Trinajstić information content (AvgIpc) is 2.62. The number of anilines is 1. The molecule has 26 heavy (non-hydrogen) atoms. The summed E-state index contributed by atoms with van der Waals surface area (Å²) >= 11 is 1.86. The van der Waals surface area contributed by atoms with E-state index in [2.05, 4.69) is 92.9 Å². The normalized spacial score (nSPS) is 16.7. The van der Waals surface area contributed by atoms with Crippen molar-refractivity contribution in [2.24, 2.45) is 10.9 Å². The van der Waals surface area contributed by atoms with Gasteiger partial charge in [-0.1, -0.05) is 51.1 Å². The molecule has 0 aliphatic carbocycles. The van der Waals surface area contributed by atoms with Crippen LogP contribution in [0.4, 0.5) is 5.69 Å². The second kappa shape index (κ2) is 8.45. The van der Waals surface area contributed by atoms with Gasteiger partial charge in [0.2, 0.25) is 0 Å². The number of hydrogen-bond donors (Lipinski definition) is 2. The topological polar surface area (TPSA) is 36.4 Å². The van der Waals surface area contributed by atoms with Gasteiger partial charge in [0.1, 0.15) is 12.0 Å². The average molecular weight is 366 g/mol. The van der Waals surface area contributed by atoms with Gasteiger partial charge in [-0.25, -0.2) is 4.99 Å². The van der Waals surface area contributed by atoms with Crippen molar-refractivity contribution in [1.82, 2.24) is 5.32 Å². The number of fused-ring (bicyclic) bond motifs is 1. The first kappa shape index (κ1) is 18.6. The van der Waals surface area contributed by atoms with Crippen molar-refractivity contribution in [2.45, 2.75) is 38.8 Å². The molecule has 1 atom stereocenters. The first-order valence-electron chi connectivity index (χ1n) is 9.18.